The maximum atomic E-state index is 11.4. The molecule has 0 unspecified atom stereocenters. The Morgan fingerprint density at radius 1 is 1.13 bits per heavy atom. The minimum atomic E-state index is -3.04. The highest BCUT2D eigenvalue weighted by molar-refractivity contribution is 7.98. The van der Waals surface area contributed by atoms with Crippen LogP contribution in [-0.2, 0) is 10.0 Å². The minimum Gasteiger partial charge on any atom is -0.320 e. The van der Waals surface area contributed by atoms with Crippen LogP contribution in [0.15, 0.2) is 0 Å². The normalized spacial score (nSPS) is 11.9. The number of thioether (sulfide) groups is 1. The molecule has 0 aliphatic carbocycles. The molecule has 0 saturated carbocycles. The minimum absolute atomic E-state index is 0.219. The van der Waals surface area contributed by atoms with Crippen LogP contribution in [0.3, 0.4) is 0 Å². The molecule has 0 aromatic rings. The van der Waals surface area contributed by atoms with Crippen LogP contribution in [-0.4, -0.2) is 46.3 Å². The molecular formula is C9H22N2O2S2. The molecule has 0 radical (unpaired) electrons. The van der Waals surface area contributed by atoms with E-state index in [1.165, 1.54) is 0 Å². The Morgan fingerprint density at radius 3 is 2.47 bits per heavy atom. The first kappa shape index (κ1) is 15.2. The highest BCUT2D eigenvalue weighted by Gasteiger charge is 2.07. The maximum absolute atomic E-state index is 11.4. The van der Waals surface area contributed by atoms with Crippen LogP contribution < -0.4 is 10.0 Å². The fourth-order valence-corrected chi connectivity index (χ4v) is 2.73. The highest BCUT2D eigenvalue weighted by Crippen LogP contribution is 1.98. The molecule has 6 heteroatoms. The monoisotopic (exact) mass is 254 g/mol. The number of rotatable bonds is 10. The van der Waals surface area contributed by atoms with Gasteiger partial charge >= 0.3 is 0 Å². The summed E-state index contributed by atoms with van der Waals surface area (Å²) in [5.41, 5.74) is 0. The molecule has 0 fully saturated rings. The second-order valence-electron chi connectivity index (χ2n) is 3.37. The van der Waals surface area contributed by atoms with E-state index >= 15 is 0 Å². The molecule has 0 amide bonds. The summed E-state index contributed by atoms with van der Waals surface area (Å²) in [6.07, 6.45) is 4.71. The summed E-state index contributed by atoms with van der Waals surface area (Å²) < 4.78 is 25.4. The third-order valence-electron chi connectivity index (χ3n) is 1.94. The molecule has 4 nitrogen and oxygen atoms in total. The molecule has 2 N–H and O–H groups in total. The predicted octanol–water partition coefficient (Wildman–Crippen LogP) is 0.659. The van der Waals surface area contributed by atoms with Crippen molar-refractivity contribution in [2.24, 2.45) is 0 Å². The quantitative estimate of drug-likeness (QED) is 0.562. The van der Waals surface area contributed by atoms with Crippen LogP contribution in [0.2, 0.25) is 0 Å². The molecule has 0 atom stereocenters. The molecule has 0 aliphatic heterocycles. The SMILES string of the molecule is CNCCCS(=O)(=O)NCCCCSC. The number of hydrogen-bond donors (Lipinski definition) is 2. The lowest BCUT2D eigenvalue weighted by Crippen LogP contribution is -2.28. The zero-order chi connectivity index (χ0) is 11.6. The van der Waals surface area contributed by atoms with Gasteiger partial charge in [0.2, 0.25) is 10.0 Å². The molecule has 92 valence electrons. The smallest absolute Gasteiger partial charge is 0.211 e. The van der Waals surface area contributed by atoms with Gasteiger partial charge in [0, 0.05) is 6.54 Å². The van der Waals surface area contributed by atoms with Gasteiger partial charge in [-0.15, -0.1) is 0 Å². The molecule has 0 aromatic carbocycles. The van der Waals surface area contributed by atoms with Gasteiger partial charge < -0.3 is 5.32 Å². The van der Waals surface area contributed by atoms with E-state index in [2.05, 4.69) is 16.3 Å². The predicted molar refractivity (Wildman–Crippen MR) is 67.9 cm³/mol. The van der Waals surface area contributed by atoms with Crippen molar-refractivity contribution < 1.29 is 8.42 Å². The molecule has 15 heavy (non-hydrogen) atoms. The van der Waals surface area contributed by atoms with Gasteiger partial charge in [-0.1, -0.05) is 0 Å². The highest BCUT2D eigenvalue weighted by atomic mass is 32.2. The number of nitrogens with one attached hydrogen (secondary N) is 2. The van der Waals surface area contributed by atoms with Crippen molar-refractivity contribution in [2.75, 3.05) is 37.9 Å². The zero-order valence-electron chi connectivity index (χ0n) is 9.58. The number of sulfonamides is 1. The Hall–Kier alpha value is 0.220. The summed E-state index contributed by atoms with van der Waals surface area (Å²) in [5.74, 6) is 1.32. The van der Waals surface area contributed by atoms with Crippen molar-refractivity contribution in [1.82, 2.24) is 10.0 Å². The average Bonchev–Trinajstić information content (AvgIpc) is 2.17. The van der Waals surface area contributed by atoms with Gasteiger partial charge in [-0.3, -0.25) is 0 Å². The first-order valence-electron chi connectivity index (χ1n) is 5.23. The van der Waals surface area contributed by atoms with Gasteiger partial charge in [-0.2, -0.15) is 11.8 Å². The Balaban J connectivity index is 3.47. The molecule has 0 aliphatic rings. The summed E-state index contributed by atoms with van der Waals surface area (Å²) in [6, 6.07) is 0. The molecule has 0 heterocycles. The van der Waals surface area contributed by atoms with Gasteiger partial charge in [0.15, 0.2) is 0 Å². The molecule has 0 bridgehead atoms. The van der Waals surface area contributed by atoms with E-state index < -0.39 is 10.0 Å². The summed E-state index contributed by atoms with van der Waals surface area (Å²) >= 11 is 1.79. The zero-order valence-corrected chi connectivity index (χ0v) is 11.2. The van der Waals surface area contributed by atoms with Gasteiger partial charge in [-0.25, -0.2) is 13.1 Å². The summed E-state index contributed by atoms with van der Waals surface area (Å²) in [7, 11) is -1.22. The van der Waals surface area contributed by atoms with Gasteiger partial charge in [0.05, 0.1) is 5.75 Å². The second-order valence-corrected chi connectivity index (χ2v) is 6.28. The lowest BCUT2D eigenvalue weighted by Gasteiger charge is -2.05. The number of unbranched alkanes of at least 4 members (excludes halogenated alkanes) is 1. The second kappa shape index (κ2) is 9.45. The van der Waals surface area contributed by atoms with Crippen molar-refractivity contribution in [1.29, 1.82) is 0 Å². The Morgan fingerprint density at radius 2 is 1.87 bits per heavy atom. The van der Waals surface area contributed by atoms with Crippen LogP contribution in [0.5, 0.6) is 0 Å². The third kappa shape index (κ3) is 10.5. The molecule has 0 aromatic heterocycles. The van der Waals surface area contributed by atoms with E-state index in [1.807, 2.05) is 7.05 Å². The molecule has 0 rings (SSSR count). The van der Waals surface area contributed by atoms with Crippen molar-refractivity contribution in [3.8, 4) is 0 Å². The van der Waals surface area contributed by atoms with Crippen LogP contribution in [0.25, 0.3) is 0 Å². The van der Waals surface area contributed by atoms with E-state index in [0.717, 1.165) is 25.1 Å². The summed E-state index contributed by atoms with van der Waals surface area (Å²) in [6.45, 7) is 1.32. The van der Waals surface area contributed by atoms with E-state index in [9.17, 15) is 8.42 Å². The van der Waals surface area contributed by atoms with Crippen LogP contribution in [0.4, 0.5) is 0 Å². The first-order valence-corrected chi connectivity index (χ1v) is 8.28. The fraction of sp³-hybridized carbons (Fsp3) is 1.00. The third-order valence-corrected chi connectivity index (χ3v) is 4.10. The van der Waals surface area contributed by atoms with E-state index in [0.29, 0.717) is 13.0 Å². The average molecular weight is 254 g/mol. The van der Waals surface area contributed by atoms with Crippen molar-refractivity contribution in [3.63, 3.8) is 0 Å². The Bertz CT molecular complexity index is 230. The maximum Gasteiger partial charge on any atom is 0.211 e. The van der Waals surface area contributed by atoms with Gasteiger partial charge in [0.1, 0.15) is 0 Å². The van der Waals surface area contributed by atoms with E-state index in [-0.39, 0.29) is 5.75 Å². The lowest BCUT2D eigenvalue weighted by molar-refractivity contribution is 0.574. The summed E-state index contributed by atoms with van der Waals surface area (Å²) in [4.78, 5) is 0. The van der Waals surface area contributed by atoms with Crippen molar-refractivity contribution in [3.05, 3.63) is 0 Å². The van der Waals surface area contributed by atoms with Crippen LogP contribution >= 0.6 is 11.8 Å². The van der Waals surface area contributed by atoms with E-state index in [1.54, 1.807) is 11.8 Å². The molecular weight excluding hydrogens is 232 g/mol. The standard InChI is InChI=1S/C9H22N2O2S2/c1-10-6-5-9-15(12,13)11-7-3-4-8-14-2/h10-11H,3-9H2,1-2H3. The van der Waals surface area contributed by atoms with Crippen molar-refractivity contribution >= 4 is 21.8 Å². The molecule has 0 spiro atoms. The Kier molecular flexibility index (Phi) is 9.58. The van der Waals surface area contributed by atoms with Crippen LogP contribution in [0.1, 0.15) is 19.3 Å². The number of hydrogen-bond acceptors (Lipinski definition) is 4. The topological polar surface area (TPSA) is 58.2 Å². The largest absolute Gasteiger partial charge is 0.320 e. The first-order chi connectivity index (χ1) is 7.12. The van der Waals surface area contributed by atoms with Gasteiger partial charge in [-0.05, 0) is 44.9 Å². The van der Waals surface area contributed by atoms with Gasteiger partial charge in [0.25, 0.3) is 0 Å². The van der Waals surface area contributed by atoms with E-state index in [4.69, 9.17) is 0 Å². The fourth-order valence-electron chi connectivity index (χ4n) is 1.11. The van der Waals surface area contributed by atoms with Crippen molar-refractivity contribution in [2.45, 2.75) is 19.3 Å². The summed E-state index contributed by atoms with van der Waals surface area (Å²) in [5, 5.41) is 2.93. The lowest BCUT2D eigenvalue weighted by atomic mass is 10.3. The molecule has 0 saturated heterocycles. The van der Waals surface area contributed by atoms with Crippen LogP contribution in [0, 0.1) is 0 Å². The Labute approximate surface area is 97.6 Å².